The van der Waals surface area contributed by atoms with Gasteiger partial charge in [0, 0.05) is 18.4 Å². The summed E-state index contributed by atoms with van der Waals surface area (Å²) in [6, 6.07) is 2.18. The van der Waals surface area contributed by atoms with E-state index in [0.717, 1.165) is 19.3 Å². The Hall–Kier alpha value is -1.63. The van der Waals surface area contributed by atoms with Crippen molar-refractivity contribution in [2.75, 3.05) is 0 Å². The highest BCUT2D eigenvalue weighted by Crippen LogP contribution is 2.54. The number of carbonyl (C=O) groups excluding carboxylic acids is 2. The predicted octanol–water partition coefficient (Wildman–Crippen LogP) is 2.36. The minimum atomic E-state index is -0.504. The number of hydrogen-bond acceptors (Lipinski definition) is 3. The van der Waals surface area contributed by atoms with Gasteiger partial charge in [-0.05, 0) is 30.6 Å². The van der Waals surface area contributed by atoms with Crippen LogP contribution in [0.25, 0.3) is 0 Å². The molecular formula is C16H22N2O2. The van der Waals surface area contributed by atoms with Crippen LogP contribution in [0.4, 0.5) is 0 Å². The summed E-state index contributed by atoms with van der Waals surface area (Å²) in [6.45, 7) is 7.53. The molecule has 0 aromatic rings. The molecule has 0 aromatic carbocycles. The third-order valence-corrected chi connectivity index (χ3v) is 4.99. The highest BCUT2D eigenvalue weighted by Gasteiger charge is 2.53. The van der Waals surface area contributed by atoms with Crippen molar-refractivity contribution in [1.29, 1.82) is 5.26 Å². The number of carbonyl (C=O) groups is 2. The number of fused-ring (bicyclic) bond motifs is 1. The van der Waals surface area contributed by atoms with Gasteiger partial charge in [-0.15, -0.1) is 0 Å². The van der Waals surface area contributed by atoms with E-state index in [9.17, 15) is 14.9 Å². The molecule has 0 spiro atoms. The number of amides is 1. The van der Waals surface area contributed by atoms with E-state index in [1.165, 1.54) is 6.92 Å². The Morgan fingerprint density at radius 2 is 2.05 bits per heavy atom. The van der Waals surface area contributed by atoms with E-state index in [2.05, 4.69) is 12.2 Å². The summed E-state index contributed by atoms with van der Waals surface area (Å²) >= 11 is 0. The largest absolute Gasteiger partial charge is 0.354 e. The first-order valence-electron chi connectivity index (χ1n) is 7.15. The van der Waals surface area contributed by atoms with Crippen molar-refractivity contribution in [3.63, 3.8) is 0 Å². The summed E-state index contributed by atoms with van der Waals surface area (Å²) in [5.41, 5.74) is -0.430. The summed E-state index contributed by atoms with van der Waals surface area (Å²) in [6.07, 6.45) is 4.43. The van der Waals surface area contributed by atoms with Crippen LogP contribution >= 0.6 is 0 Å². The Bertz CT molecular complexity index is 527. The van der Waals surface area contributed by atoms with E-state index in [1.807, 2.05) is 26.0 Å². The van der Waals surface area contributed by atoms with E-state index >= 15 is 0 Å². The van der Waals surface area contributed by atoms with Gasteiger partial charge in [0.1, 0.15) is 6.07 Å². The molecule has 4 nitrogen and oxygen atoms in total. The van der Waals surface area contributed by atoms with Gasteiger partial charge in [-0.3, -0.25) is 9.59 Å². The summed E-state index contributed by atoms with van der Waals surface area (Å²) in [4.78, 5) is 23.6. The van der Waals surface area contributed by atoms with Gasteiger partial charge in [0.15, 0.2) is 5.78 Å². The highest BCUT2D eigenvalue weighted by atomic mass is 16.1. The van der Waals surface area contributed by atoms with Gasteiger partial charge in [-0.2, -0.15) is 5.26 Å². The first-order chi connectivity index (χ1) is 9.20. The highest BCUT2D eigenvalue weighted by molar-refractivity contribution is 6.04. The molecule has 108 valence electrons. The molecule has 0 aliphatic heterocycles. The zero-order valence-corrected chi connectivity index (χ0v) is 12.6. The van der Waals surface area contributed by atoms with Crippen molar-refractivity contribution < 1.29 is 9.59 Å². The smallest absolute Gasteiger partial charge is 0.217 e. The Labute approximate surface area is 120 Å². The molecule has 1 fully saturated rings. The minimum Gasteiger partial charge on any atom is -0.354 e. The summed E-state index contributed by atoms with van der Waals surface area (Å²) in [5.74, 6) is 0.165. The number of nitrogens with zero attached hydrogens (tertiary/aromatic N) is 1. The van der Waals surface area contributed by atoms with Gasteiger partial charge in [-0.1, -0.05) is 26.8 Å². The molecule has 0 bridgehead atoms. The van der Waals surface area contributed by atoms with Crippen LogP contribution in [-0.4, -0.2) is 17.7 Å². The average Bonchev–Trinajstić information content (AvgIpc) is 2.32. The predicted molar refractivity (Wildman–Crippen MR) is 75.5 cm³/mol. The monoisotopic (exact) mass is 274 g/mol. The summed E-state index contributed by atoms with van der Waals surface area (Å²) in [7, 11) is 0. The van der Waals surface area contributed by atoms with Crippen LogP contribution in [0.3, 0.4) is 0 Å². The Balaban J connectivity index is 2.37. The molecule has 1 amide bonds. The molecular weight excluding hydrogens is 252 g/mol. The second kappa shape index (κ2) is 4.73. The van der Waals surface area contributed by atoms with Crippen molar-refractivity contribution in [3.8, 4) is 6.07 Å². The summed E-state index contributed by atoms with van der Waals surface area (Å²) < 4.78 is 0. The molecule has 2 rings (SSSR count). The molecule has 0 heterocycles. The molecule has 1 saturated carbocycles. The van der Waals surface area contributed by atoms with Crippen LogP contribution in [0.2, 0.25) is 0 Å². The number of ketones is 1. The van der Waals surface area contributed by atoms with Crippen LogP contribution < -0.4 is 5.32 Å². The molecule has 0 aromatic heterocycles. The molecule has 20 heavy (non-hydrogen) atoms. The van der Waals surface area contributed by atoms with Gasteiger partial charge in [0.25, 0.3) is 0 Å². The fraction of sp³-hybridized carbons (Fsp3) is 0.688. The number of Topliss-reactive ketones (excluding diaryl/α,β-unsaturated/α-hetero) is 1. The molecule has 0 radical (unpaired) electrons. The number of allylic oxidation sites excluding steroid dienone is 2. The van der Waals surface area contributed by atoms with E-state index in [1.54, 1.807) is 0 Å². The van der Waals surface area contributed by atoms with Gasteiger partial charge < -0.3 is 5.32 Å². The molecule has 1 N–H and O–H groups in total. The number of rotatable bonds is 1. The van der Waals surface area contributed by atoms with Gasteiger partial charge in [-0.25, -0.2) is 0 Å². The van der Waals surface area contributed by atoms with Crippen molar-refractivity contribution >= 4 is 11.7 Å². The quantitative estimate of drug-likeness (QED) is 0.798. The molecule has 2 aliphatic rings. The van der Waals surface area contributed by atoms with E-state index in [4.69, 9.17) is 0 Å². The van der Waals surface area contributed by atoms with Crippen molar-refractivity contribution in [1.82, 2.24) is 5.32 Å². The average molecular weight is 274 g/mol. The van der Waals surface area contributed by atoms with E-state index in [-0.39, 0.29) is 34.6 Å². The Morgan fingerprint density at radius 1 is 1.40 bits per heavy atom. The van der Waals surface area contributed by atoms with Crippen molar-refractivity contribution in [2.24, 2.45) is 16.7 Å². The summed E-state index contributed by atoms with van der Waals surface area (Å²) in [5, 5.41) is 12.2. The number of hydrogen-bond donors (Lipinski definition) is 1. The topological polar surface area (TPSA) is 70.0 Å². The third-order valence-electron chi connectivity index (χ3n) is 4.99. The van der Waals surface area contributed by atoms with E-state index in [0.29, 0.717) is 0 Å². The SMILES string of the molecule is CC(=O)N[C@H]1CC[C@H]2C(C)(C)C(=O)C(C#N)=C[C@]2(C)C1. The first kappa shape index (κ1) is 14.8. The van der Waals surface area contributed by atoms with Crippen molar-refractivity contribution in [3.05, 3.63) is 11.6 Å². The fourth-order valence-corrected chi connectivity index (χ4v) is 4.21. The van der Waals surface area contributed by atoms with Crippen LogP contribution in [-0.2, 0) is 9.59 Å². The minimum absolute atomic E-state index is 0.0207. The Morgan fingerprint density at radius 3 is 2.60 bits per heavy atom. The lowest BCUT2D eigenvalue weighted by Crippen LogP contribution is -2.52. The lowest BCUT2D eigenvalue weighted by Gasteiger charge is -2.52. The third kappa shape index (κ3) is 2.26. The second-order valence-electron chi connectivity index (χ2n) is 6.96. The zero-order chi connectivity index (χ0) is 15.1. The molecule has 3 atom stereocenters. The second-order valence-corrected chi connectivity index (χ2v) is 6.96. The molecule has 0 unspecified atom stereocenters. The van der Waals surface area contributed by atoms with Crippen LogP contribution in [0.5, 0.6) is 0 Å². The lowest BCUT2D eigenvalue weighted by molar-refractivity contribution is -0.132. The van der Waals surface area contributed by atoms with Gasteiger partial charge in [0.2, 0.25) is 5.91 Å². The van der Waals surface area contributed by atoms with Gasteiger partial charge >= 0.3 is 0 Å². The maximum atomic E-state index is 12.4. The number of nitriles is 1. The Kier molecular flexibility index (Phi) is 3.49. The zero-order valence-electron chi connectivity index (χ0n) is 12.6. The van der Waals surface area contributed by atoms with Gasteiger partial charge in [0.05, 0.1) is 5.57 Å². The molecule has 2 aliphatic carbocycles. The van der Waals surface area contributed by atoms with E-state index < -0.39 is 5.41 Å². The maximum Gasteiger partial charge on any atom is 0.217 e. The van der Waals surface area contributed by atoms with Crippen LogP contribution in [0.15, 0.2) is 11.6 Å². The molecule has 4 heteroatoms. The normalized spacial score (nSPS) is 35.5. The van der Waals surface area contributed by atoms with Crippen LogP contribution in [0.1, 0.15) is 47.0 Å². The fourth-order valence-electron chi connectivity index (χ4n) is 4.21. The van der Waals surface area contributed by atoms with Crippen LogP contribution in [0, 0.1) is 28.1 Å². The lowest BCUT2D eigenvalue weighted by atomic mass is 9.52. The maximum absolute atomic E-state index is 12.4. The molecule has 0 saturated heterocycles. The number of nitrogens with one attached hydrogen (secondary N) is 1. The van der Waals surface area contributed by atoms with Crippen molar-refractivity contribution in [2.45, 2.75) is 53.0 Å². The first-order valence-corrected chi connectivity index (χ1v) is 7.15. The standard InChI is InChI=1S/C16H22N2O2/c1-10(19)18-12-5-6-13-15(2,3)14(20)11(9-17)7-16(13,4)8-12/h7,12-13H,5-6,8H2,1-4H3,(H,18,19)/t12-,13-,16+/m0/s1.